The Bertz CT molecular complexity index is 929. The van der Waals surface area contributed by atoms with Gasteiger partial charge in [0.25, 0.3) is 11.8 Å². The van der Waals surface area contributed by atoms with E-state index in [4.69, 9.17) is 24.7 Å². The lowest BCUT2D eigenvalue weighted by Crippen LogP contribution is -2.20. The third-order valence-corrected chi connectivity index (χ3v) is 3.90. The first-order valence-electron chi connectivity index (χ1n) is 9.80. The van der Waals surface area contributed by atoms with Gasteiger partial charge in [-0.15, -0.1) is 0 Å². The Hall–Kier alpha value is -3.75. The number of hydrazone groups is 1. The highest BCUT2D eigenvalue weighted by atomic mass is 16.5. The first kappa shape index (κ1) is 23.5. The molecule has 0 bridgehead atoms. The molecule has 166 valence electrons. The maximum atomic E-state index is 12.4. The van der Waals surface area contributed by atoms with Gasteiger partial charge in [0.1, 0.15) is 0 Å². The molecule has 0 saturated heterocycles. The standard InChI is InChI=1S/C22H27N3O6/c1-4-10-30-18-9-7-16(12-20(18)29-5-2)22(27)25-24-13-15-6-8-17(19(11-15)28-3)31-14-21(23)26/h6-9,11-13H,4-5,10,14H2,1-3H3,(H2,23,26)(H,25,27)/b24-13+. The van der Waals surface area contributed by atoms with E-state index in [0.29, 0.717) is 47.3 Å². The molecule has 0 unspecified atom stereocenters. The number of methoxy groups -OCH3 is 1. The maximum Gasteiger partial charge on any atom is 0.271 e. The Kier molecular flexibility index (Phi) is 9.15. The van der Waals surface area contributed by atoms with E-state index in [0.717, 1.165) is 6.42 Å². The van der Waals surface area contributed by atoms with Crippen molar-refractivity contribution < 1.29 is 28.5 Å². The minimum Gasteiger partial charge on any atom is -0.493 e. The minimum atomic E-state index is -0.590. The quantitative estimate of drug-likeness (QED) is 0.395. The smallest absolute Gasteiger partial charge is 0.271 e. The zero-order valence-electron chi connectivity index (χ0n) is 17.8. The van der Waals surface area contributed by atoms with Crippen molar-refractivity contribution in [1.82, 2.24) is 5.43 Å². The molecule has 0 aliphatic heterocycles. The number of ether oxygens (including phenoxy) is 4. The molecule has 9 heteroatoms. The Morgan fingerprint density at radius 1 is 1.00 bits per heavy atom. The fourth-order valence-corrected chi connectivity index (χ4v) is 2.51. The predicted octanol–water partition coefficient (Wildman–Crippen LogP) is 2.51. The summed E-state index contributed by atoms with van der Waals surface area (Å²) in [5.41, 5.74) is 8.59. The molecule has 0 atom stereocenters. The molecule has 2 rings (SSSR count). The SMILES string of the molecule is CCCOc1ccc(C(=O)N/N=C/c2ccc(OCC(N)=O)c(OC)c2)cc1OCC. The lowest BCUT2D eigenvalue weighted by molar-refractivity contribution is -0.119. The van der Waals surface area contributed by atoms with Crippen molar-refractivity contribution in [3.8, 4) is 23.0 Å². The molecule has 9 nitrogen and oxygen atoms in total. The summed E-state index contributed by atoms with van der Waals surface area (Å²) in [6.45, 7) is 4.63. The molecular formula is C22H27N3O6. The molecule has 2 amide bonds. The van der Waals surface area contributed by atoms with Gasteiger partial charge in [-0.3, -0.25) is 9.59 Å². The van der Waals surface area contributed by atoms with Gasteiger partial charge in [0.15, 0.2) is 29.6 Å². The molecule has 2 aromatic rings. The molecule has 0 spiro atoms. The van der Waals surface area contributed by atoms with Gasteiger partial charge in [-0.05, 0) is 55.3 Å². The molecule has 0 radical (unpaired) electrons. The van der Waals surface area contributed by atoms with E-state index in [1.807, 2.05) is 13.8 Å². The van der Waals surface area contributed by atoms with Gasteiger partial charge in [0.05, 0.1) is 26.5 Å². The van der Waals surface area contributed by atoms with Crippen LogP contribution in [0.1, 0.15) is 36.2 Å². The predicted molar refractivity (Wildman–Crippen MR) is 116 cm³/mol. The molecule has 0 aliphatic carbocycles. The third-order valence-electron chi connectivity index (χ3n) is 3.90. The summed E-state index contributed by atoms with van der Waals surface area (Å²) >= 11 is 0. The summed E-state index contributed by atoms with van der Waals surface area (Å²) in [5.74, 6) is 0.885. The number of benzene rings is 2. The Morgan fingerprint density at radius 2 is 1.74 bits per heavy atom. The Morgan fingerprint density at radius 3 is 2.42 bits per heavy atom. The topological polar surface area (TPSA) is 121 Å². The number of rotatable bonds is 12. The monoisotopic (exact) mass is 429 g/mol. The molecular weight excluding hydrogens is 402 g/mol. The van der Waals surface area contributed by atoms with Crippen molar-refractivity contribution in [3.63, 3.8) is 0 Å². The summed E-state index contributed by atoms with van der Waals surface area (Å²) in [6, 6.07) is 9.93. The van der Waals surface area contributed by atoms with Crippen molar-refractivity contribution in [2.45, 2.75) is 20.3 Å². The van der Waals surface area contributed by atoms with Gasteiger partial charge >= 0.3 is 0 Å². The number of amides is 2. The number of hydrogen-bond donors (Lipinski definition) is 2. The van der Waals surface area contributed by atoms with Crippen LogP contribution >= 0.6 is 0 Å². The van der Waals surface area contributed by atoms with Crippen LogP contribution in [0, 0.1) is 0 Å². The Labute approximate surface area is 181 Å². The Balaban J connectivity index is 2.06. The number of nitrogens with zero attached hydrogens (tertiary/aromatic N) is 1. The van der Waals surface area contributed by atoms with Crippen LogP contribution in [0.4, 0.5) is 0 Å². The highest BCUT2D eigenvalue weighted by Gasteiger charge is 2.11. The van der Waals surface area contributed by atoms with Crippen LogP contribution in [0.25, 0.3) is 0 Å². The lowest BCUT2D eigenvalue weighted by atomic mass is 10.2. The summed E-state index contributed by atoms with van der Waals surface area (Å²) < 4.78 is 21.7. The number of primary amides is 1. The first-order valence-corrected chi connectivity index (χ1v) is 9.80. The van der Waals surface area contributed by atoms with Crippen molar-refractivity contribution >= 4 is 18.0 Å². The van der Waals surface area contributed by atoms with Crippen LogP contribution in [0.2, 0.25) is 0 Å². The summed E-state index contributed by atoms with van der Waals surface area (Å²) in [4.78, 5) is 23.3. The highest BCUT2D eigenvalue weighted by Crippen LogP contribution is 2.29. The second-order valence-corrected chi connectivity index (χ2v) is 6.31. The van der Waals surface area contributed by atoms with Crippen molar-refractivity contribution in [2.24, 2.45) is 10.8 Å². The highest BCUT2D eigenvalue weighted by molar-refractivity contribution is 5.95. The van der Waals surface area contributed by atoms with E-state index in [-0.39, 0.29) is 6.61 Å². The molecule has 31 heavy (non-hydrogen) atoms. The zero-order valence-corrected chi connectivity index (χ0v) is 17.8. The largest absolute Gasteiger partial charge is 0.493 e. The van der Waals surface area contributed by atoms with E-state index in [2.05, 4.69) is 10.5 Å². The van der Waals surface area contributed by atoms with Crippen LogP contribution in [0.15, 0.2) is 41.5 Å². The van der Waals surface area contributed by atoms with Crippen LogP contribution in [-0.4, -0.2) is 45.0 Å². The normalized spacial score (nSPS) is 10.5. The van der Waals surface area contributed by atoms with E-state index in [9.17, 15) is 9.59 Å². The van der Waals surface area contributed by atoms with Gasteiger partial charge in [-0.25, -0.2) is 5.43 Å². The van der Waals surface area contributed by atoms with Crippen LogP contribution in [-0.2, 0) is 4.79 Å². The first-order chi connectivity index (χ1) is 15.0. The molecule has 0 heterocycles. The molecule has 0 aliphatic rings. The fraction of sp³-hybridized carbons (Fsp3) is 0.318. The van der Waals surface area contributed by atoms with E-state index >= 15 is 0 Å². The number of hydrogen-bond acceptors (Lipinski definition) is 7. The van der Waals surface area contributed by atoms with Crippen LogP contribution in [0.5, 0.6) is 23.0 Å². The molecule has 0 saturated carbocycles. The second kappa shape index (κ2) is 12.1. The number of carbonyl (C=O) groups is 2. The van der Waals surface area contributed by atoms with E-state index < -0.39 is 11.8 Å². The van der Waals surface area contributed by atoms with Gasteiger partial charge in [-0.1, -0.05) is 6.92 Å². The number of carbonyl (C=O) groups excluding carboxylic acids is 2. The van der Waals surface area contributed by atoms with Crippen molar-refractivity contribution in [2.75, 3.05) is 26.9 Å². The number of nitrogens with two attached hydrogens (primary N) is 1. The summed E-state index contributed by atoms with van der Waals surface area (Å²) in [6.07, 6.45) is 2.33. The van der Waals surface area contributed by atoms with Gasteiger partial charge in [0, 0.05) is 5.56 Å². The van der Waals surface area contributed by atoms with Crippen molar-refractivity contribution in [3.05, 3.63) is 47.5 Å². The maximum absolute atomic E-state index is 12.4. The van der Waals surface area contributed by atoms with Gasteiger partial charge in [-0.2, -0.15) is 5.10 Å². The van der Waals surface area contributed by atoms with Crippen molar-refractivity contribution in [1.29, 1.82) is 0 Å². The molecule has 0 aromatic heterocycles. The lowest BCUT2D eigenvalue weighted by Gasteiger charge is -2.12. The second-order valence-electron chi connectivity index (χ2n) is 6.31. The summed E-state index contributed by atoms with van der Waals surface area (Å²) in [5, 5.41) is 3.98. The van der Waals surface area contributed by atoms with Crippen LogP contribution in [0.3, 0.4) is 0 Å². The van der Waals surface area contributed by atoms with Crippen LogP contribution < -0.4 is 30.1 Å². The summed E-state index contributed by atoms with van der Waals surface area (Å²) in [7, 11) is 1.47. The molecule has 0 fully saturated rings. The molecule has 2 aromatic carbocycles. The third kappa shape index (κ3) is 7.22. The fourth-order valence-electron chi connectivity index (χ4n) is 2.51. The number of nitrogens with one attached hydrogen (secondary N) is 1. The average Bonchev–Trinajstić information content (AvgIpc) is 2.77. The molecule has 3 N–H and O–H groups in total. The average molecular weight is 429 g/mol. The minimum absolute atomic E-state index is 0.258. The van der Waals surface area contributed by atoms with E-state index in [1.165, 1.54) is 13.3 Å². The van der Waals surface area contributed by atoms with Gasteiger partial charge in [0.2, 0.25) is 0 Å². The van der Waals surface area contributed by atoms with Gasteiger partial charge < -0.3 is 24.7 Å². The van der Waals surface area contributed by atoms with E-state index in [1.54, 1.807) is 36.4 Å². The zero-order chi connectivity index (χ0) is 22.6.